The Morgan fingerprint density at radius 1 is 1.15 bits per heavy atom. The lowest BCUT2D eigenvalue weighted by atomic mass is 10.1. The second-order valence-corrected chi connectivity index (χ2v) is 7.70. The van der Waals surface area contributed by atoms with Gasteiger partial charge in [0.15, 0.2) is 29.0 Å². The number of hydrogen-bond donors (Lipinski definition) is 2. The predicted molar refractivity (Wildman–Crippen MR) is 112 cm³/mol. The minimum atomic E-state index is -1.05. The number of carbonyl (C=O) groups excluding carboxylic acids is 1. The standard InChI is InChI=1S/C21H17F4N7O/c22-11-2-1-3-31(9-11)20-16(25)4-12(7-27-20)32-10-19(29-30-32)21(33)28-18-8-26-17-6-15(24)14(23)5-13(17)18/h4-8,10-11,26H,1-3,9H2,(H,28,33). The van der Waals surface area contributed by atoms with E-state index in [1.54, 1.807) is 4.90 Å². The largest absolute Gasteiger partial charge is 0.359 e. The van der Waals surface area contributed by atoms with Crippen molar-refractivity contribution < 1.29 is 22.4 Å². The van der Waals surface area contributed by atoms with E-state index in [9.17, 15) is 22.4 Å². The third-order valence-corrected chi connectivity index (χ3v) is 5.43. The van der Waals surface area contributed by atoms with E-state index >= 15 is 0 Å². The molecule has 1 atom stereocenters. The lowest BCUT2D eigenvalue weighted by molar-refractivity contribution is 0.102. The number of aromatic amines is 1. The molecule has 8 nitrogen and oxygen atoms in total. The number of fused-ring (bicyclic) bond motifs is 1. The lowest BCUT2D eigenvalue weighted by Crippen LogP contribution is -2.37. The van der Waals surface area contributed by atoms with Gasteiger partial charge >= 0.3 is 0 Å². The van der Waals surface area contributed by atoms with Crippen molar-refractivity contribution in [3.8, 4) is 5.69 Å². The van der Waals surface area contributed by atoms with Gasteiger partial charge in [-0.1, -0.05) is 5.21 Å². The van der Waals surface area contributed by atoms with Crippen LogP contribution in [0, 0.1) is 17.5 Å². The van der Waals surface area contributed by atoms with E-state index < -0.39 is 29.5 Å². The van der Waals surface area contributed by atoms with Crippen molar-refractivity contribution in [1.82, 2.24) is 25.0 Å². The van der Waals surface area contributed by atoms with Crippen molar-refractivity contribution >= 4 is 28.3 Å². The minimum absolute atomic E-state index is 0.0576. The highest BCUT2D eigenvalue weighted by molar-refractivity contribution is 6.07. The van der Waals surface area contributed by atoms with Gasteiger partial charge in [-0.3, -0.25) is 4.79 Å². The number of piperidine rings is 1. The van der Waals surface area contributed by atoms with E-state index in [4.69, 9.17) is 0 Å². The molecule has 0 saturated carbocycles. The normalized spacial score (nSPS) is 16.4. The molecule has 2 N–H and O–H groups in total. The lowest BCUT2D eigenvalue weighted by Gasteiger charge is -2.30. The van der Waals surface area contributed by atoms with Gasteiger partial charge in [0.05, 0.1) is 35.8 Å². The molecule has 0 aliphatic carbocycles. The van der Waals surface area contributed by atoms with Crippen molar-refractivity contribution in [3.63, 3.8) is 0 Å². The summed E-state index contributed by atoms with van der Waals surface area (Å²) in [6.45, 7) is 0.600. The van der Waals surface area contributed by atoms with Crippen molar-refractivity contribution in [2.45, 2.75) is 19.0 Å². The Morgan fingerprint density at radius 3 is 2.76 bits per heavy atom. The minimum Gasteiger partial charge on any atom is -0.359 e. The highest BCUT2D eigenvalue weighted by Gasteiger charge is 2.23. The molecule has 3 aromatic heterocycles. The van der Waals surface area contributed by atoms with Crippen molar-refractivity contribution in [1.29, 1.82) is 0 Å². The van der Waals surface area contributed by atoms with Crippen LogP contribution in [0.25, 0.3) is 16.6 Å². The highest BCUT2D eigenvalue weighted by atomic mass is 19.2. The molecule has 1 unspecified atom stereocenters. The number of rotatable bonds is 4. The molecular weight excluding hydrogens is 442 g/mol. The zero-order chi connectivity index (χ0) is 23.1. The number of halogens is 4. The molecule has 1 aromatic carbocycles. The smallest absolute Gasteiger partial charge is 0.277 e. The molecule has 5 rings (SSSR count). The summed E-state index contributed by atoms with van der Waals surface area (Å²) in [6.07, 6.45) is 4.07. The van der Waals surface area contributed by atoms with Crippen LogP contribution in [-0.2, 0) is 0 Å². The third kappa shape index (κ3) is 3.99. The Labute approximate surface area is 184 Å². The number of alkyl halides is 1. The Bertz CT molecular complexity index is 1350. The Balaban J connectivity index is 1.34. The molecule has 33 heavy (non-hydrogen) atoms. The van der Waals surface area contributed by atoms with Gasteiger partial charge in [0.25, 0.3) is 5.91 Å². The molecule has 12 heteroatoms. The van der Waals surface area contributed by atoms with E-state index in [2.05, 4.69) is 25.6 Å². The van der Waals surface area contributed by atoms with Crippen LogP contribution in [0.3, 0.4) is 0 Å². The van der Waals surface area contributed by atoms with Gasteiger partial charge in [-0.15, -0.1) is 5.10 Å². The average molecular weight is 459 g/mol. The third-order valence-electron chi connectivity index (χ3n) is 5.43. The zero-order valence-corrected chi connectivity index (χ0v) is 17.0. The maximum absolute atomic E-state index is 14.6. The van der Waals surface area contributed by atoms with Gasteiger partial charge < -0.3 is 15.2 Å². The summed E-state index contributed by atoms with van der Waals surface area (Å²) in [5.74, 6) is -3.30. The number of nitrogens with zero attached hydrogens (tertiary/aromatic N) is 5. The molecular formula is C21H17F4N7O. The van der Waals surface area contributed by atoms with Crippen LogP contribution in [0.5, 0.6) is 0 Å². The van der Waals surface area contributed by atoms with E-state index in [-0.39, 0.29) is 34.8 Å². The van der Waals surface area contributed by atoms with E-state index in [1.165, 1.54) is 29.3 Å². The van der Waals surface area contributed by atoms with Crippen LogP contribution < -0.4 is 10.2 Å². The highest BCUT2D eigenvalue weighted by Crippen LogP contribution is 2.26. The summed E-state index contributed by atoms with van der Waals surface area (Å²) in [5, 5.41) is 10.4. The Morgan fingerprint density at radius 2 is 1.97 bits per heavy atom. The summed E-state index contributed by atoms with van der Waals surface area (Å²) < 4.78 is 56.4. The molecule has 0 spiro atoms. The first-order chi connectivity index (χ1) is 15.9. The first-order valence-corrected chi connectivity index (χ1v) is 10.1. The first-order valence-electron chi connectivity index (χ1n) is 10.1. The predicted octanol–water partition coefficient (Wildman–Crippen LogP) is 3.75. The van der Waals surface area contributed by atoms with Crippen LogP contribution >= 0.6 is 0 Å². The molecule has 0 bridgehead atoms. The summed E-state index contributed by atoms with van der Waals surface area (Å²) in [5.41, 5.74) is 0.671. The average Bonchev–Trinajstić information content (AvgIpc) is 3.42. The maximum atomic E-state index is 14.6. The number of pyridine rings is 1. The van der Waals surface area contributed by atoms with Crippen molar-refractivity contribution in [2.24, 2.45) is 0 Å². The molecule has 1 aliphatic rings. The molecule has 1 amide bonds. The van der Waals surface area contributed by atoms with Crippen LogP contribution in [0.1, 0.15) is 23.3 Å². The molecule has 0 radical (unpaired) electrons. The monoisotopic (exact) mass is 459 g/mol. The molecule has 1 saturated heterocycles. The van der Waals surface area contributed by atoms with Gasteiger partial charge in [0, 0.05) is 30.3 Å². The fourth-order valence-corrected chi connectivity index (χ4v) is 3.80. The van der Waals surface area contributed by atoms with Crippen LogP contribution in [-0.4, -0.2) is 50.1 Å². The fourth-order valence-electron chi connectivity index (χ4n) is 3.80. The van der Waals surface area contributed by atoms with Crippen LogP contribution in [0.4, 0.5) is 29.1 Å². The number of hydrogen-bond acceptors (Lipinski definition) is 5. The molecule has 4 aromatic rings. The number of amides is 1. The van der Waals surface area contributed by atoms with Gasteiger partial charge in [0.1, 0.15) is 6.17 Å². The van der Waals surface area contributed by atoms with Crippen LogP contribution in [0.15, 0.2) is 36.8 Å². The topological polar surface area (TPSA) is 91.7 Å². The summed E-state index contributed by atoms with van der Waals surface area (Å²) in [4.78, 5) is 21.0. The molecule has 1 fully saturated rings. The van der Waals surface area contributed by atoms with Gasteiger partial charge in [-0.2, -0.15) is 0 Å². The maximum Gasteiger partial charge on any atom is 0.277 e. The number of anilines is 2. The Kier molecular flexibility index (Phi) is 5.19. The summed E-state index contributed by atoms with van der Waals surface area (Å²) in [7, 11) is 0. The Hall–Kier alpha value is -3.96. The summed E-state index contributed by atoms with van der Waals surface area (Å²) in [6, 6.07) is 3.13. The van der Waals surface area contributed by atoms with E-state index in [0.717, 1.165) is 12.1 Å². The fraction of sp³-hybridized carbons (Fsp3) is 0.238. The zero-order valence-electron chi connectivity index (χ0n) is 17.0. The van der Waals surface area contributed by atoms with Gasteiger partial charge in [-0.25, -0.2) is 27.2 Å². The molecule has 1 aliphatic heterocycles. The number of H-pyrrole nitrogens is 1. The number of carbonyl (C=O) groups is 1. The number of nitrogens with one attached hydrogen (secondary N) is 2. The number of aromatic nitrogens is 5. The molecule has 4 heterocycles. The molecule has 170 valence electrons. The second-order valence-electron chi connectivity index (χ2n) is 7.70. The first kappa shape index (κ1) is 20.9. The van der Waals surface area contributed by atoms with Crippen molar-refractivity contribution in [2.75, 3.05) is 23.3 Å². The van der Waals surface area contributed by atoms with E-state index in [0.29, 0.717) is 24.9 Å². The van der Waals surface area contributed by atoms with Crippen molar-refractivity contribution in [3.05, 3.63) is 59.9 Å². The SMILES string of the molecule is O=C(Nc1c[nH]c2cc(F)c(F)cc12)c1cn(-c2cnc(N3CCCC(F)C3)c(F)c2)nn1. The number of benzene rings is 1. The van der Waals surface area contributed by atoms with E-state index in [1.807, 2.05) is 0 Å². The van der Waals surface area contributed by atoms with Gasteiger partial charge in [0.2, 0.25) is 0 Å². The summed E-state index contributed by atoms with van der Waals surface area (Å²) >= 11 is 0. The van der Waals surface area contributed by atoms with Crippen LogP contribution in [0.2, 0.25) is 0 Å². The van der Waals surface area contributed by atoms with Gasteiger partial charge in [-0.05, 0) is 18.9 Å². The second kappa shape index (κ2) is 8.19. The quantitative estimate of drug-likeness (QED) is 0.454.